The smallest absolute Gasteiger partial charge is 0.355 e. The van der Waals surface area contributed by atoms with Gasteiger partial charge in [0.2, 0.25) is 11.8 Å². The van der Waals surface area contributed by atoms with E-state index in [4.69, 9.17) is 0 Å². The molecule has 0 bridgehead atoms. The summed E-state index contributed by atoms with van der Waals surface area (Å²) in [6.07, 6.45) is -10.7. The SMILES string of the molecule is CC(CCBr)CNC(=O)C(C(F)(F)F)C(F)(F)F. The van der Waals surface area contributed by atoms with Crippen LogP contribution in [0.5, 0.6) is 0 Å². The van der Waals surface area contributed by atoms with Gasteiger partial charge in [-0.15, -0.1) is 0 Å². The lowest BCUT2D eigenvalue weighted by atomic mass is 10.1. The minimum atomic E-state index is -5.64. The maximum atomic E-state index is 12.2. The molecule has 108 valence electrons. The van der Waals surface area contributed by atoms with Crippen molar-refractivity contribution in [2.24, 2.45) is 11.8 Å². The summed E-state index contributed by atoms with van der Waals surface area (Å²) < 4.78 is 72.9. The second-order valence-electron chi connectivity index (χ2n) is 3.84. The van der Waals surface area contributed by atoms with Gasteiger partial charge in [-0.3, -0.25) is 4.79 Å². The predicted molar refractivity (Wildman–Crippen MR) is 56.2 cm³/mol. The molecule has 0 aromatic rings. The first-order valence-electron chi connectivity index (χ1n) is 4.97. The van der Waals surface area contributed by atoms with Gasteiger partial charge in [0.05, 0.1) is 0 Å². The number of rotatable bonds is 5. The zero-order chi connectivity index (χ0) is 14.6. The molecule has 0 saturated heterocycles. The van der Waals surface area contributed by atoms with Crippen LogP contribution in [0.15, 0.2) is 0 Å². The first kappa shape index (κ1) is 17.5. The van der Waals surface area contributed by atoms with Crippen molar-refractivity contribution in [1.29, 1.82) is 0 Å². The van der Waals surface area contributed by atoms with E-state index in [1.165, 1.54) is 0 Å². The lowest BCUT2D eigenvalue weighted by Gasteiger charge is -2.22. The fraction of sp³-hybridized carbons (Fsp3) is 0.889. The topological polar surface area (TPSA) is 29.1 Å². The molecule has 0 spiro atoms. The molecule has 0 aliphatic heterocycles. The molecule has 1 atom stereocenters. The van der Waals surface area contributed by atoms with Crippen LogP contribution in [-0.4, -0.2) is 30.1 Å². The van der Waals surface area contributed by atoms with E-state index in [1.807, 2.05) is 0 Å². The number of nitrogens with one attached hydrogen (secondary N) is 1. The van der Waals surface area contributed by atoms with E-state index in [0.717, 1.165) is 0 Å². The average molecular weight is 344 g/mol. The van der Waals surface area contributed by atoms with Crippen LogP contribution in [-0.2, 0) is 4.79 Å². The summed E-state index contributed by atoms with van der Waals surface area (Å²) in [5.74, 6) is -6.24. The Morgan fingerprint density at radius 3 is 1.94 bits per heavy atom. The number of carbonyl (C=O) groups is 1. The normalized spacial score (nSPS) is 14.7. The Balaban J connectivity index is 4.61. The Morgan fingerprint density at radius 1 is 1.17 bits per heavy atom. The molecule has 2 nitrogen and oxygen atoms in total. The number of carbonyl (C=O) groups excluding carboxylic acids is 1. The summed E-state index contributed by atoms with van der Waals surface area (Å²) in [7, 11) is 0. The predicted octanol–water partition coefficient (Wildman–Crippen LogP) is 3.26. The number of amides is 1. The summed E-state index contributed by atoms with van der Waals surface area (Å²) in [5, 5.41) is 2.23. The van der Waals surface area contributed by atoms with Crippen molar-refractivity contribution in [3.05, 3.63) is 0 Å². The molecule has 18 heavy (non-hydrogen) atoms. The number of halogens is 7. The Bertz CT molecular complexity index is 263. The molecule has 0 rings (SSSR count). The highest BCUT2D eigenvalue weighted by Gasteiger charge is 2.60. The Labute approximate surface area is 108 Å². The third-order valence-corrected chi connectivity index (χ3v) is 2.60. The standard InChI is InChI=1S/C9H12BrF6NO/c1-5(2-3-10)4-17-7(18)6(8(11,12)13)9(14,15)16/h5-6H,2-4H2,1H3,(H,17,18). The highest BCUT2D eigenvalue weighted by Crippen LogP contribution is 2.39. The molecule has 0 heterocycles. The summed E-state index contributed by atoms with van der Waals surface area (Å²) in [6, 6.07) is 0. The van der Waals surface area contributed by atoms with Crippen molar-refractivity contribution in [3.8, 4) is 0 Å². The van der Waals surface area contributed by atoms with Gasteiger partial charge < -0.3 is 5.32 Å². The summed E-state index contributed by atoms with van der Waals surface area (Å²) in [6.45, 7) is 1.38. The van der Waals surface area contributed by atoms with Crippen LogP contribution >= 0.6 is 15.9 Å². The number of alkyl halides is 7. The summed E-state index contributed by atoms with van der Waals surface area (Å²) >= 11 is 3.08. The van der Waals surface area contributed by atoms with Crippen LogP contribution in [0.2, 0.25) is 0 Å². The first-order chi connectivity index (χ1) is 8.00. The van der Waals surface area contributed by atoms with Gasteiger partial charge in [0, 0.05) is 11.9 Å². The Hall–Kier alpha value is -0.470. The van der Waals surface area contributed by atoms with Gasteiger partial charge in [0.25, 0.3) is 0 Å². The van der Waals surface area contributed by atoms with Crippen molar-refractivity contribution >= 4 is 21.8 Å². The van der Waals surface area contributed by atoms with Gasteiger partial charge in [-0.2, -0.15) is 26.3 Å². The summed E-state index contributed by atoms with van der Waals surface area (Å²) in [4.78, 5) is 11.0. The fourth-order valence-corrected chi connectivity index (χ4v) is 1.93. The molecular weight excluding hydrogens is 332 g/mol. The van der Waals surface area contributed by atoms with Crippen molar-refractivity contribution < 1.29 is 31.1 Å². The van der Waals surface area contributed by atoms with Gasteiger partial charge >= 0.3 is 12.4 Å². The van der Waals surface area contributed by atoms with E-state index < -0.39 is 24.2 Å². The zero-order valence-electron chi connectivity index (χ0n) is 9.33. The van der Waals surface area contributed by atoms with Gasteiger partial charge in [0.15, 0.2) is 0 Å². The minimum absolute atomic E-state index is 0.213. The van der Waals surface area contributed by atoms with E-state index in [2.05, 4.69) is 15.9 Å². The highest BCUT2D eigenvalue weighted by molar-refractivity contribution is 9.09. The van der Waals surface area contributed by atoms with Crippen molar-refractivity contribution in [1.82, 2.24) is 5.32 Å². The van der Waals surface area contributed by atoms with Gasteiger partial charge in [-0.25, -0.2) is 0 Å². The molecule has 0 aromatic carbocycles. The third-order valence-electron chi connectivity index (χ3n) is 2.14. The number of hydrogen-bond donors (Lipinski definition) is 1. The van der Waals surface area contributed by atoms with Crippen LogP contribution in [0.3, 0.4) is 0 Å². The average Bonchev–Trinajstić information content (AvgIpc) is 2.10. The van der Waals surface area contributed by atoms with Crippen LogP contribution in [0.1, 0.15) is 13.3 Å². The molecule has 0 aliphatic rings. The second-order valence-corrected chi connectivity index (χ2v) is 4.64. The maximum Gasteiger partial charge on any atom is 0.409 e. The molecule has 0 fully saturated rings. The van der Waals surface area contributed by atoms with Crippen molar-refractivity contribution in [2.45, 2.75) is 25.7 Å². The first-order valence-corrected chi connectivity index (χ1v) is 6.09. The lowest BCUT2D eigenvalue weighted by molar-refractivity contribution is -0.274. The third kappa shape index (κ3) is 5.92. The van der Waals surface area contributed by atoms with Gasteiger partial charge in [0.1, 0.15) is 0 Å². The van der Waals surface area contributed by atoms with E-state index in [1.54, 1.807) is 12.2 Å². The molecule has 0 aromatic heterocycles. The summed E-state index contributed by atoms with van der Waals surface area (Å²) in [5.41, 5.74) is 0. The molecule has 1 amide bonds. The largest absolute Gasteiger partial charge is 0.409 e. The molecule has 0 radical (unpaired) electrons. The van der Waals surface area contributed by atoms with Crippen LogP contribution < -0.4 is 5.32 Å². The minimum Gasteiger partial charge on any atom is -0.355 e. The van der Waals surface area contributed by atoms with Gasteiger partial charge in [-0.1, -0.05) is 22.9 Å². The van der Waals surface area contributed by atoms with Crippen LogP contribution in [0, 0.1) is 11.8 Å². The van der Waals surface area contributed by atoms with Crippen molar-refractivity contribution in [3.63, 3.8) is 0 Å². The maximum absolute atomic E-state index is 12.2. The zero-order valence-corrected chi connectivity index (χ0v) is 10.9. The monoisotopic (exact) mass is 343 g/mol. The van der Waals surface area contributed by atoms with Crippen molar-refractivity contribution in [2.75, 3.05) is 11.9 Å². The molecule has 0 aliphatic carbocycles. The second kappa shape index (κ2) is 6.63. The fourth-order valence-electron chi connectivity index (χ4n) is 1.15. The Kier molecular flexibility index (Phi) is 6.45. The molecule has 9 heteroatoms. The molecule has 0 saturated carbocycles. The van der Waals surface area contributed by atoms with E-state index in [9.17, 15) is 31.1 Å². The highest BCUT2D eigenvalue weighted by atomic mass is 79.9. The van der Waals surface area contributed by atoms with Crippen LogP contribution in [0.25, 0.3) is 0 Å². The van der Waals surface area contributed by atoms with E-state index in [-0.39, 0.29) is 12.5 Å². The quantitative estimate of drug-likeness (QED) is 0.602. The number of hydrogen-bond acceptors (Lipinski definition) is 1. The van der Waals surface area contributed by atoms with Gasteiger partial charge in [-0.05, 0) is 12.3 Å². The lowest BCUT2D eigenvalue weighted by Crippen LogP contribution is -2.48. The van der Waals surface area contributed by atoms with Crippen LogP contribution in [0.4, 0.5) is 26.3 Å². The van der Waals surface area contributed by atoms with E-state index >= 15 is 0 Å². The Morgan fingerprint density at radius 2 is 1.61 bits per heavy atom. The molecular formula is C9H12BrF6NO. The molecule has 1 unspecified atom stereocenters. The molecule has 1 N–H and O–H groups in total. The van der Waals surface area contributed by atoms with E-state index in [0.29, 0.717) is 11.8 Å².